The Kier molecular flexibility index (Phi) is 4.89. The highest BCUT2D eigenvalue weighted by Gasteiger charge is 2.22. The number of diazo groups is 2. The van der Waals surface area contributed by atoms with Crippen molar-refractivity contribution in [3.63, 3.8) is 0 Å². The van der Waals surface area contributed by atoms with Crippen LogP contribution in [0.15, 0.2) is 54.3 Å². The molecule has 18 heavy (non-hydrogen) atoms. The smallest absolute Gasteiger partial charge is 0.387 e. The standard InChI is InChI=1S/C12H10N4O2/c13-15-7-10(17)6-11(12(18)8-16-14)9-4-2-1-3-5-9/h1-5,7-8,11H,6H2/p+2/b10-7-,12-8-. The molecule has 0 aliphatic carbocycles. The number of aliphatic hydroxyl groups excluding tert-OH is 2. The summed E-state index contributed by atoms with van der Waals surface area (Å²) in [6.45, 7) is 0. The molecule has 2 N–H and O–H groups in total. The van der Waals surface area contributed by atoms with Gasteiger partial charge in [-0.15, -0.1) is 0 Å². The maximum atomic E-state index is 9.76. The SMILES string of the molecule is N#[N+]/C=C(\O)CC(/C(O)=C/[N+]#N)c1ccccc1. The lowest BCUT2D eigenvalue weighted by molar-refractivity contribution is 0.330. The van der Waals surface area contributed by atoms with E-state index in [1.54, 1.807) is 24.3 Å². The molecule has 1 rings (SSSR count). The Morgan fingerprint density at radius 1 is 1.11 bits per heavy atom. The van der Waals surface area contributed by atoms with E-state index in [1.807, 2.05) is 6.07 Å². The number of aliphatic hydroxyl groups is 2. The van der Waals surface area contributed by atoms with Crippen LogP contribution in [0.1, 0.15) is 17.9 Å². The van der Waals surface area contributed by atoms with Crippen LogP contribution in [0.3, 0.4) is 0 Å². The summed E-state index contributed by atoms with van der Waals surface area (Å²) in [7, 11) is 0. The first-order chi connectivity index (χ1) is 8.69. The minimum absolute atomic E-state index is 0.0198. The van der Waals surface area contributed by atoms with Crippen LogP contribution in [0.4, 0.5) is 0 Å². The molecular formula is C12H12N4O2+2. The van der Waals surface area contributed by atoms with Crippen molar-refractivity contribution in [2.24, 2.45) is 0 Å². The lowest BCUT2D eigenvalue weighted by Gasteiger charge is -2.12. The van der Waals surface area contributed by atoms with E-state index >= 15 is 0 Å². The van der Waals surface area contributed by atoms with Gasteiger partial charge >= 0.3 is 12.4 Å². The topological polar surface area (TPSA) is 96.8 Å². The summed E-state index contributed by atoms with van der Waals surface area (Å²) in [5.74, 6) is -0.995. The average Bonchev–Trinajstić information content (AvgIpc) is 2.37. The Bertz CT molecular complexity index is 537. The van der Waals surface area contributed by atoms with Gasteiger partial charge in [0.25, 0.3) is 0 Å². The molecule has 0 heterocycles. The molecule has 6 nitrogen and oxygen atoms in total. The number of benzene rings is 1. The largest absolute Gasteiger partial charge is 0.505 e. The molecule has 0 saturated heterocycles. The van der Waals surface area contributed by atoms with E-state index < -0.39 is 5.92 Å². The summed E-state index contributed by atoms with van der Waals surface area (Å²) >= 11 is 0. The Labute approximate surface area is 104 Å². The van der Waals surface area contributed by atoms with Crippen LogP contribution in [0.5, 0.6) is 0 Å². The molecule has 0 aliphatic rings. The highest BCUT2D eigenvalue weighted by atomic mass is 16.3. The minimum Gasteiger partial charge on any atom is -0.505 e. The molecule has 0 fully saturated rings. The lowest BCUT2D eigenvalue weighted by Crippen LogP contribution is -2.04. The van der Waals surface area contributed by atoms with Crippen molar-refractivity contribution >= 4 is 0 Å². The second kappa shape index (κ2) is 6.66. The number of rotatable bonds is 4. The highest BCUT2D eigenvalue weighted by Crippen LogP contribution is 2.28. The van der Waals surface area contributed by atoms with Crippen LogP contribution in [0.25, 0.3) is 9.95 Å². The van der Waals surface area contributed by atoms with Gasteiger partial charge in [-0.25, -0.2) is 0 Å². The van der Waals surface area contributed by atoms with Crippen molar-refractivity contribution in [3.8, 4) is 0 Å². The van der Waals surface area contributed by atoms with Gasteiger partial charge in [0.15, 0.2) is 21.5 Å². The normalized spacial score (nSPS) is 13.4. The quantitative estimate of drug-likeness (QED) is 0.623. The third-order valence-corrected chi connectivity index (χ3v) is 2.37. The fraction of sp³-hybridized carbons (Fsp3) is 0.167. The van der Waals surface area contributed by atoms with Crippen LogP contribution >= 0.6 is 0 Å². The van der Waals surface area contributed by atoms with Crippen LogP contribution in [-0.4, -0.2) is 10.2 Å². The number of allylic oxidation sites excluding steroid dienone is 2. The first-order valence-electron chi connectivity index (χ1n) is 5.19. The van der Waals surface area contributed by atoms with Gasteiger partial charge in [-0.2, -0.15) is 0 Å². The van der Waals surface area contributed by atoms with Gasteiger partial charge in [-0.05, 0) is 5.56 Å². The minimum atomic E-state index is -0.583. The predicted molar refractivity (Wildman–Crippen MR) is 65.4 cm³/mol. The zero-order chi connectivity index (χ0) is 13.4. The van der Waals surface area contributed by atoms with Crippen molar-refractivity contribution in [1.29, 1.82) is 10.8 Å². The van der Waals surface area contributed by atoms with Crippen molar-refractivity contribution in [2.45, 2.75) is 12.3 Å². The lowest BCUT2D eigenvalue weighted by atomic mass is 9.93. The van der Waals surface area contributed by atoms with Crippen molar-refractivity contribution in [2.75, 3.05) is 0 Å². The summed E-state index contributed by atoms with van der Waals surface area (Å²) in [5.41, 5.74) is 0.729. The van der Waals surface area contributed by atoms with Crippen LogP contribution < -0.4 is 0 Å². The summed E-state index contributed by atoms with van der Waals surface area (Å²) in [6, 6.07) is 8.90. The highest BCUT2D eigenvalue weighted by molar-refractivity contribution is 5.28. The Morgan fingerprint density at radius 2 is 1.72 bits per heavy atom. The molecule has 0 aliphatic heterocycles. The Balaban J connectivity index is 3.06. The van der Waals surface area contributed by atoms with Crippen molar-refractivity contribution in [1.82, 2.24) is 0 Å². The average molecular weight is 244 g/mol. The summed E-state index contributed by atoms with van der Waals surface area (Å²) < 4.78 is 0. The Hall–Kier alpha value is -2.86. The van der Waals surface area contributed by atoms with Gasteiger partial charge in [-0.1, -0.05) is 30.3 Å². The van der Waals surface area contributed by atoms with Crippen LogP contribution in [0.2, 0.25) is 0 Å². The number of nitrogens with zero attached hydrogens (tertiary/aromatic N) is 4. The predicted octanol–water partition coefficient (Wildman–Crippen LogP) is 3.67. The van der Waals surface area contributed by atoms with E-state index in [1.165, 1.54) is 0 Å². The van der Waals surface area contributed by atoms with Crippen molar-refractivity contribution in [3.05, 3.63) is 69.8 Å². The molecule has 6 heteroatoms. The molecule has 1 unspecified atom stereocenters. The first-order valence-corrected chi connectivity index (χ1v) is 5.19. The molecule has 0 amide bonds. The summed E-state index contributed by atoms with van der Waals surface area (Å²) in [5, 5.41) is 36.0. The maximum Gasteiger partial charge on any atom is 0.387 e. The van der Waals surface area contributed by atoms with Crippen LogP contribution in [0, 0.1) is 10.8 Å². The molecule has 0 saturated carbocycles. The molecule has 1 aromatic rings. The summed E-state index contributed by atoms with van der Waals surface area (Å²) in [4.78, 5) is 5.45. The zero-order valence-corrected chi connectivity index (χ0v) is 9.51. The molecular weight excluding hydrogens is 232 g/mol. The van der Waals surface area contributed by atoms with Gasteiger partial charge in [0.1, 0.15) is 0 Å². The monoisotopic (exact) mass is 244 g/mol. The van der Waals surface area contributed by atoms with E-state index in [9.17, 15) is 10.2 Å². The fourth-order valence-electron chi connectivity index (χ4n) is 1.56. The second-order valence-electron chi connectivity index (χ2n) is 3.57. The molecule has 0 spiro atoms. The van der Waals surface area contributed by atoms with Gasteiger partial charge < -0.3 is 10.2 Å². The number of hydrogen-bond acceptors (Lipinski definition) is 4. The molecule has 0 radical (unpaired) electrons. The second-order valence-corrected chi connectivity index (χ2v) is 3.57. The van der Waals surface area contributed by atoms with Gasteiger partial charge in [0.05, 0.1) is 5.92 Å². The van der Waals surface area contributed by atoms with Gasteiger partial charge in [-0.3, -0.25) is 0 Å². The van der Waals surface area contributed by atoms with Gasteiger partial charge in [0.2, 0.25) is 10.8 Å². The number of hydrogen-bond donors (Lipinski definition) is 2. The zero-order valence-electron chi connectivity index (χ0n) is 9.51. The Morgan fingerprint density at radius 3 is 2.28 bits per heavy atom. The maximum absolute atomic E-state index is 9.76. The van der Waals surface area contributed by atoms with E-state index in [2.05, 4.69) is 9.95 Å². The molecule has 0 bridgehead atoms. The van der Waals surface area contributed by atoms with E-state index in [0.29, 0.717) is 0 Å². The third kappa shape index (κ3) is 3.62. The summed E-state index contributed by atoms with van der Waals surface area (Å²) in [6.07, 6.45) is 1.78. The fourth-order valence-corrected chi connectivity index (χ4v) is 1.56. The third-order valence-electron chi connectivity index (χ3n) is 2.37. The van der Waals surface area contributed by atoms with Crippen molar-refractivity contribution < 1.29 is 10.2 Å². The van der Waals surface area contributed by atoms with E-state index in [0.717, 1.165) is 18.0 Å². The van der Waals surface area contributed by atoms with E-state index in [4.69, 9.17) is 10.8 Å². The van der Waals surface area contributed by atoms with E-state index in [-0.39, 0.29) is 17.9 Å². The molecule has 1 aromatic carbocycles. The van der Waals surface area contributed by atoms with Crippen LogP contribution in [-0.2, 0) is 0 Å². The first kappa shape index (κ1) is 13.2. The molecule has 90 valence electrons. The molecule has 0 aromatic heterocycles. The van der Waals surface area contributed by atoms with Gasteiger partial charge in [0, 0.05) is 6.42 Å². The molecule has 1 atom stereocenters.